The SMILES string of the molecule is Cc1cnc(/C(N)=N/O)nc1. The number of oxime groups is 1. The smallest absolute Gasteiger partial charge is 0.207 e. The Morgan fingerprint density at radius 1 is 1.55 bits per heavy atom. The Morgan fingerprint density at radius 2 is 2.09 bits per heavy atom. The third-order valence-electron chi connectivity index (χ3n) is 1.12. The fraction of sp³-hybridized carbons (Fsp3) is 0.167. The van der Waals surface area contributed by atoms with Gasteiger partial charge in [-0.2, -0.15) is 0 Å². The Labute approximate surface area is 63.6 Å². The highest BCUT2D eigenvalue weighted by Crippen LogP contribution is 1.92. The first kappa shape index (κ1) is 7.46. The minimum absolute atomic E-state index is 0.0787. The van der Waals surface area contributed by atoms with Crippen LogP contribution in [0.1, 0.15) is 11.4 Å². The van der Waals surface area contributed by atoms with Gasteiger partial charge in [-0.05, 0) is 12.5 Å². The maximum absolute atomic E-state index is 8.24. The van der Waals surface area contributed by atoms with Gasteiger partial charge in [0.25, 0.3) is 0 Å². The number of nitrogens with zero attached hydrogens (tertiary/aromatic N) is 3. The summed E-state index contributed by atoms with van der Waals surface area (Å²) in [6.07, 6.45) is 3.20. The number of amidine groups is 1. The van der Waals surface area contributed by atoms with Crippen molar-refractivity contribution in [2.75, 3.05) is 0 Å². The highest BCUT2D eigenvalue weighted by atomic mass is 16.4. The van der Waals surface area contributed by atoms with Crippen LogP contribution >= 0.6 is 0 Å². The van der Waals surface area contributed by atoms with Crippen LogP contribution in [0, 0.1) is 6.92 Å². The molecule has 5 heteroatoms. The number of rotatable bonds is 1. The number of hydrogen-bond acceptors (Lipinski definition) is 4. The van der Waals surface area contributed by atoms with Crippen LogP contribution in [0.5, 0.6) is 0 Å². The Morgan fingerprint density at radius 3 is 2.55 bits per heavy atom. The van der Waals surface area contributed by atoms with Gasteiger partial charge in [0, 0.05) is 12.4 Å². The second-order valence-corrected chi connectivity index (χ2v) is 2.07. The van der Waals surface area contributed by atoms with E-state index in [9.17, 15) is 0 Å². The first-order valence-electron chi connectivity index (χ1n) is 3.00. The normalized spacial score (nSPS) is 11.5. The van der Waals surface area contributed by atoms with E-state index in [1.807, 2.05) is 6.92 Å². The third kappa shape index (κ3) is 1.64. The number of nitrogens with two attached hydrogens (primary N) is 1. The summed E-state index contributed by atoms with van der Waals surface area (Å²) < 4.78 is 0. The van der Waals surface area contributed by atoms with E-state index < -0.39 is 0 Å². The van der Waals surface area contributed by atoms with E-state index in [0.717, 1.165) is 5.56 Å². The Bertz CT molecular complexity index is 266. The first-order valence-corrected chi connectivity index (χ1v) is 3.00. The van der Waals surface area contributed by atoms with Crippen LogP contribution in [0.25, 0.3) is 0 Å². The predicted molar refractivity (Wildman–Crippen MR) is 39.3 cm³/mol. The lowest BCUT2D eigenvalue weighted by atomic mass is 10.4. The average molecular weight is 152 g/mol. The molecule has 0 atom stereocenters. The lowest BCUT2D eigenvalue weighted by Crippen LogP contribution is -2.16. The molecule has 0 unspecified atom stereocenters. The monoisotopic (exact) mass is 152 g/mol. The number of hydrogen-bond donors (Lipinski definition) is 2. The standard InChI is InChI=1S/C6H8N4O/c1-4-2-8-6(9-3-4)5(7)10-11/h2-3,11H,1H3,(H2,7,10). The molecule has 0 bridgehead atoms. The molecule has 0 radical (unpaired) electrons. The van der Waals surface area contributed by atoms with Gasteiger partial charge in [-0.3, -0.25) is 0 Å². The largest absolute Gasteiger partial charge is 0.409 e. The van der Waals surface area contributed by atoms with E-state index in [0.29, 0.717) is 0 Å². The van der Waals surface area contributed by atoms with E-state index >= 15 is 0 Å². The zero-order chi connectivity index (χ0) is 8.27. The van der Waals surface area contributed by atoms with Crippen LogP contribution < -0.4 is 5.73 Å². The zero-order valence-electron chi connectivity index (χ0n) is 6.02. The topological polar surface area (TPSA) is 84.4 Å². The summed E-state index contributed by atoms with van der Waals surface area (Å²) in [5.41, 5.74) is 6.15. The van der Waals surface area contributed by atoms with E-state index in [2.05, 4.69) is 15.1 Å². The van der Waals surface area contributed by atoms with Crippen LogP contribution in [0.2, 0.25) is 0 Å². The van der Waals surface area contributed by atoms with E-state index in [-0.39, 0.29) is 11.7 Å². The zero-order valence-corrected chi connectivity index (χ0v) is 6.02. The van der Waals surface area contributed by atoms with Gasteiger partial charge in [0.15, 0.2) is 5.82 Å². The fourth-order valence-electron chi connectivity index (χ4n) is 0.570. The third-order valence-corrected chi connectivity index (χ3v) is 1.12. The van der Waals surface area contributed by atoms with Gasteiger partial charge in [-0.15, -0.1) is 0 Å². The summed E-state index contributed by atoms with van der Waals surface area (Å²) in [6, 6.07) is 0. The number of aromatic nitrogens is 2. The maximum atomic E-state index is 8.24. The van der Waals surface area contributed by atoms with Gasteiger partial charge < -0.3 is 10.9 Å². The Balaban J connectivity index is 2.99. The van der Waals surface area contributed by atoms with Crippen molar-refractivity contribution < 1.29 is 5.21 Å². The Hall–Kier alpha value is -1.65. The summed E-state index contributed by atoms with van der Waals surface area (Å²) in [5, 5.41) is 11.0. The highest BCUT2D eigenvalue weighted by Gasteiger charge is 1.99. The van der Waals surface area contributed by atoms with E-state index in [4.69, 9.17) is 10.9 Å². The van der Waals surface area contributed by atoms with Crippen molar-refractivity contribution in [1.29, 1.82) is 0 Å². The van der Waals surface area contributed by atoms with Gasteiger partial charge in [-0.1, -0.05) is 5.16 Å². The number of aryl methyl sites for hydroxylation is 1. The van der Waals surface area contributed by atoms with Gasteiger partial charge in [0.2, 0.25) is 5.84 Å². The van der Waals surface area contributed by atoms with Gasteiger partial charge in [0.05, 0.1) is 0 Å². The molecule has 1 aromatic heterocycles. The van der Waals surface area contributed by atoms with Crippen LogP contribution in [-0.4, -0.2) is 21.0 Å². The molecule has 0 aliphatic carbocycles. The van der Waals surface area contributed by atoms with Crippen LogP contribution in [-0.2, 0) is 0 Å². The molecule has 0 aliphatic rings. The van der Waals surface area contributed by atoms with Crippen molar-refractivity contribution in [2.24, 2.45) is 10.9 Å². The first-order chi connectivity index (χ1) is 5.24. The molecule has 58 valence electrons. The molecule has 0 saturated heterocycles. The quantitative estimate of drug-likeness (QED) is 0.254. The molecule has 0 fully saturated rings. The minimum atomic E-state index is -0.0787. The van der Waals surface area contributed by atoms with Crippen LogP contribution in [0.15, 0.2) is 17.5 Å². The van der Waals surface area contributed by atoms with E-state index in [1.54, 1.807) is 12.4 Å². The Kier molecular flexibility index (Phi) is 2.00. The molecule has 1 rings (SSSR count). The summed E-state index contributed by atoms with van der Waals surface area (Å²) >= 11 is 0. The lowest BCUT2D eigenvalue weighted by Gasteiger charge is -1.95. The van der Waals surface area contributed by atoms with Crippen molar-refractivity contribution in [3.8, 4) is 0 Å². The molecule has 1 aromatic rings. The molecule has 0 amide bonds. The summed E-state index contributed by atoms with van der Waals surface area (Å²) in [4.78, 5) is 7.64. The summed E-state index contributed by atoms with van der Waals surface area (Å²) in [6.45, 7) is 1.86. The van der Waals surface area contributed by atoms with Gasteiger partial charge in [-0.25, -0.2) is 9.97 Å². The molecule has 0 aromatic carbocycles. The van der Waals surface area contributed by atoms with Crippen molar-refractivity contribution in [2.45, 2.75) is 6.92 Å². The highest BCUT2D eigenvalue weighted by molar-refractivity contribution is 5.93. The molecule has 1 heterocycles. The van der Waals surface area contributed by atoms with E-state index in [1.165, 1.54) is 0 Å². The van der Waals surface area contributed by atoms with Crippen LogP contribution in [0.4, 0.5) is 0 Å². The van der Waals surface area contributed by atoms with Crippen molar-refractivity contribution in [3.05, 3.63) is 23.8 Å². The molecule has 5 nitrogen and oxygen atoms in total. The summed E-state index contributed by atoms with van der Waals surface area (Å²) in [7, 11) is 0. The van der Waals surface area contributed by atoms with Crippen molar-refractivity contribution >= 4 is 5.84 Å². The molecule has 3 N–H and O–H groups in total. The second kappa shape index (κ2) is 2.96. The molecule has 11 heavy (non-hydrogen) atoms. The molecule has 0 saturated carbocycles. The predicted octanol–water partition coefficient (Wildman–Crippen LogP) is -0.120. The van der Waals surface area contributed by atoms with Crippen LogP contribution in [0.3, 0.4) is 0 Å². The average Bonchev–Trinajstić information content (AvgIpc) is 2.05. The molecular weight excluding hydrogens is 144 g/mol. The summed E-state index contributed by atoms with van der Waals surface area (Å²) in [5.74, 6) is 0.156. The maximum Gasteiger partial charge on any atom is 0.207 e. The van der Waals surface area contributed by atoms with Crippen molar-refractivity contribution in [3.63, 3.8) is 0 Å². The fourth-order valence-corrected chi connectivity index (χ4v) is 0.570. The molecule has 0 aliphatic heterocycles. The molecule has 0 spiro atoms. The van der Waals surface area contributed by atoms with Gasteiger partial charge >= 0.3 is 0 Å². The van der Waals surface area contributed by atoms with Crippen molar-refractivity contribution in [1.82, 2.24) is 9.97 Å². The second-order valence-electron chi connectivity index (χ2n) is 2.07. The molecular formula is C6H8N4O. The lowest BCUT2D eigenvalue weighted by molar-refractivity contribution is 0.318. The minimum Gasteiger partial charge on any atom is -0.409 e. The van der Waals surface area contributed by atoms with Gasteiger partial charge in [0.1, 0.15) is 0 Å².